The molecule has 1 N–H and O–H groups in total. The van der Waals surface area contributed by atoms with Gasteiger partial charge in [-0.25, -0.2) is 0 Å². The highest BCUT2D eigenvalue weighted by Crippen LogP contribution is 2.35. The molecule has 1 heterocycles. The van der Waals surface area contributed by atoms with Crippen LogP contribution in [0.5, 0.6) is 0 Å². The molecule has 20 heavy (non-hydrogen) atoms. The second-order valence-electron chi connectivity index (χ2n) is 5.57. The molecule has 1 aromatic rings. The summed E-state index contributed by atoms with van der Waals surface area (Å²) in [5.41, 5.74) is 1.08. The highest BCUT2D eigenvalue weighted by Gasteiger charge is 2.31. The number of nitrogens with one attached hydrogen (secondary N) is 1. The van der Waals surface area contributed by atoms with Crippen LogP contribution in [-0.2, 0) is 4.79 Å². The molecule has 1 unspecified atom stereocenters. The van der Waals surface area contributed by atoms with Gasteiger partial charge in [0.25, 0.3) is 0 Å². The van der Waals surface area contributed by atoms with Gasteiger partial charge < -0.3 is 10.2 Å². The number of halogens is 2. The first kappa shape index (κ1) is 14.2. The van der Waals surface area contributed by atoms with Crippen LogP contribution in [0.4, 0.5) is 0 Å². The number of likely N-dealkylation sites (tertiary alicyclic amines) is 1. The molecule has 0 bridgehead atoms. The summed E-state index contributed by atoms with van der Waals surface area (Å²) in [5, 5.41) is 4.40. The molecule has 108 valence electrons. The Morgan fingerprint density at radius 2 is 2.05 bits per heavy atom. The van der Waals surface area contributed by atoms with Crippen molar-refractivity contribution in [2.75, 3.05) is 13.1 Å². The maximum absolute atomic E-state index is 12.3. The van der Waals surface area contributed by atoms with Gasteiger partial charge in [0.1, 0.15) is 0 Å². The van der Waals surface area contributed by atoms with Crippen LogP contribution < -0.4 is 5.32 Å². The maximum Gasteiger partial charge on any atom is 0.237 e. The number of benzene rings is 1. The number of carbonyl (C=O) groups excluding carboxylic acids is 1. The Morgan fingerprint density at radius 1 is 1.25 bits per heavy atom. The number of nitrogens with zero attached hydrogens (tertiary/aromatic N) is 1. The minimum Gasteiger partial charge on any atom is -0.335 e. The molecular formula is C15H18Cl2N2O. The quantitative estimate of drug-likeness (QED) is 0.924. The molecule has 0 spiro atoms. The SMILES string of the molecule is O=C(CNC1CC1)N1CCCC1c1ccc(Cl)c(Cl)c1. The zero-order chi connectivity index (χ0) is 14.1. The normalized spacial score (nSPS) is 22.3. The minimum absolute atomic E-state index is 0.137. The Bertz CT molecular complexity index is 517. The van der Waals surface area contributed by atoms with E-state index >= 15 is 0 Å². The molecule has 5 heteroatoms. The van der Waals surface area contributed by atoms with Gasteiger partial charge in [0.15, 0.2) is 0 Å². The first-order valence-corrected chi connectivity index (χ1v) is 7.88. The van der Waals surface area contributed by atoms with Crippen LogP contribution >= 0.6 is 23.2 Å². The molecule has 1 aliphatic heterocycles. The Balaban J connectivity index is 1.70. The van der Waals surface area contributed by atoms with Gasteiger partial charge in [-0.15, -0.1) is 0 Å². The maximum atomic E-state index is 12.3. The summed E-state index contributed by atoms with van der Waals surface area (Å²) in [5.74, 6) is 0.186. The molecule has 2 fully saturated rings. The van der Waals surface area contributed by atoms with E-state index in [0.29, 0.717) is 22.6 Å². The first-order chi connectivity index (χ1) is 9.65. The molecule has 1 atom stereocenters. The van der Waals surface area contributed by atoms with Crippen molar-refractivity contribution >= 4 is 29.1 Å². The molecule has 1 amide bonds. The van der Waals surface area contributed by atoms with Crippen LogP contribution in [0.25, 0.3) is 0 Å². The van der Waals surface area contributed by atoms with Gasteiger partial charge >= 0.3 is 0 Å². The highest BCUT2D eigenvalue weighted by atomic mass is 35.5. The predicted molar refractivity (Wildman–Crippen MR) is 81.2 cm³/mol. The Hall–Kier alpha value is -0.770. The number of amides is 1. The molecule has 1 aromatic carbocycles. The zero-order valence-electron chi connectivity index (χ0n) is 11.2. The monoisotopic (exact) mass is 312 g/mol. The fourth-order valence-corrected chi connectivity index (χ4v) is 3.06. The van der Waals surface area contributed by atoms with E-state index in [-0.39, 0.29) is 11.9 Å². The van der Waals surface area contributed by atoms with Crippen molar-refractivity contribution in [2.45, 2.75) is 37.8 Å². The van der Waals surface area contributed by atoms with E-state index < -0.39 is 0 Å². The van der Waals surface area contributed by atoms with Crippen LogP contribution in [-0.4, -0.2) is 29.9 Å². The first-order valence-electron chi connectivity index (χ1n) is 7.13. The number of hydrogen-bond acceptors (Lipinski definition) is 2. The summed E-state index contributed by atoms with van der Waals surface area (Å²) in [6, 6.07) is 6.36. The lowest BCUT2D eigenvalue weighted by Crippen LogP contribution is -2.38. The fourth-order valence-electron chi connectivity index (χ4n) is 2.75. The molecule has 1 aliphatic carbocycles. The second kappa shape index (κ2) is 5.92. The summed E-state index contributed by atoms with van der Waals surface area (Å²) in [6.45, 7) is 1.28. The predicted octanol–water partition coefficient (Wildman–Crippen LogP) is 3.41. The van der Waals surface area contributed by atoms with Crippen LogP contribution in [0.15, 0.2) is 18.2 Å². The summed E-state index contributed by atoms with van der Waals surface area (Å²) >= 11 is 12.0. The van der Waals surface area contributed by atoms with Gasteiger partial charge in [0.2, 0.25) is 5.91 Å². The van der Waals surface area contributed by atoms with Crippen molar-refractivity contribution < 1.29 is 4.79 Å². The highest BCUT2D eigenvalue weighted by molar-refractivity contribution is 6.42. The molecule has 0 radical (unpaired) electrons. The third kappa shape index (κ3) is 3.11. The van der Waals surface area contributed by atoms with Crippen LogP contribution in [0.3, 0.4) is 0 Å². The van der Waals surface area contributed by atoms with Gasteiger partial charge in [-0.1, -0.05) is 29.3 Å². The van der Waals surface area contributed by atoms with E-state index in [9.17, 15) is 4.79 Å². The summed E-state index contributed by atoms with van der Waals surface area (Å²) in [6.07, 6.45) is 4.43. The molecular weight excluding hydrogens is 295 g/mol. The molecule has 3 nitrogen and oxygen atoms in total. The topological polar surface area (TPSA) is 32.3 Å². The van der Waals surface area contributed by atoms with Crippen LogP contribution in [0.1, 0.15) is 37.3 Å². The summed E-state index contributed by atoms with van der Waals surface area (Å²) in [4.78, 5) is 14.3. The van der Waals surface area contributed by atoms with Crippen molar-refractivity contribution in [2.24, 2.45) is 0 Å². The summed E-state index contributed by atoms with van der Waals surface area (Å²) < 4.78 is 0. The Labute approximate surface area is 129 Å². The largest absolute Gasteiger partial charge is 0.335 e. The third-order valence-corrected chi connectivity index (χ3v) is 4.76. The number of rotatable bonds is 4. The summed E-state index contributed by atoms with van der Waals surface area (Å²) in [7, 11) is 0. The molecule has 2 aliphatic rings. The van der Waals surface area contributed by atoms with E-state index in [4.69, 9.17) is 23.2 Å². The average molecular weight is 313 g/mol. The molecule has 1 saturated heterocycles. The van der Waals surface area contributed by atoms with Gasteiger partial charge in [0, 0.05) is 12.6 Å². The van der Waals surface area contributed by atoms with Gasteiger partial charge in [-0.3, -0.25) is 4.79 Å². The minimum atomic E-state index is 0.137. The van der Waals surface area contributed by atoms with Crippen LogP contribution in [0, 0.1) is 0 Å². The van der Waals surface area contributed by atoms with Crippen molar-refractivity contribution in [3.05, 3.63) is 33.8 Å². The van der Waals surface area contributed by atoms with E-state index in [2.05, 4.69) is 5.32 Å². The van der Waals surface area contributed by atoms with Gasteiger partial charge in [0.05, 0.1) is 22.6 Å². The van der Waals surface area contributed by atoms with Crippen molar-refractivity contribution in [3.63, 3.8) is 0 Å². The van der Waals surface area contributed by atoms with Crippen molar-refractivity contribution in [1.29, 1.82) is 0 Å². The molecule has 3 rings (SSSR count). The lowest BCUT2D eigenvalue weighted by molar-refractivity contribution is -0.131. The smallest absolute Gasteiger partial charge is 0.237 e. The van der Waals surface area contributed by atoms with E-state index in [1.165, 1.54) is 12.8 Å². The van der Waals surface area contributed by atoms with Gasteiger partial charge in [-0.05, 0) is 43.4 Å². The fraction of sp³-hybridized carbons (Fsp3) is 0.533. The van der Waals surface area contributed by atoms with E-state index in [0.717, 1.165) is 24.9 Å². The van der Waals surface area contributed by atoms with E-state index in [1.807, 2.05) is 23.1 Å². The number of hydrogen-bond donors (Lipinski definition) is 1. The van der Waals surface area contributed by atoms with E-state index in [1.54, 1.807) is 0 Å². The Kier molecular flexibility index (Phi) is 4.20. The van der Waals surface area contributed by atoms with Crippen LogP contribution in [0.2, 0.25) is 10.0 Å². The third-order valence-electron chi connectivity index (χ3n) is 4.02. The zero-order valence-corrected chi connectivity index (χ0v) is 12.8. The Morgan fingerprint density at radius 3 is 2.75 bits per heavy atom. The standard InChI is InChI=1S/C15H18Cl2N2O/c16-12-6-3-10(8-13(12)17)14-2-1-7-19(14)15(20)9-18-11-4-5-11/h3,6,8,11,14,18H,1-2,4-5,7,9H2. The average Bonchev–Trinajstić information content (AvgIpc) is 3.14. The van der Waals surface area contributed by atoms with Gasteiger partial charge in [-0.2, -0.15) is 0 Å². The molecule has 0 aromatic heterocycles. The lowest BCUT2D eigenvalue weighted by atomic mass is 10.0. The lowest BCUT2D eigenvalue weighted by Gasteiger charge is -2.25. The number of carbonyl (C=O) groups is 1. The van der Waals surface area contributed by atoms with Crippen molar-refractivity contribution in [3.8, 4) is 0 Å². The van der Waals surface area contributed by atoms with Crippen molar-refractivity contribution in [1.82, 2.24) is 10.2 Å². The second-order valence-corrected chi connectivity index (χ2v) is 6.39. The molecule has 1 saturated carbocycles.